The predicted molar refractivity (Wildman–Crippen MR) is 107 cm³/mol. The number of halogens is 1. The molecule has 2 aromatic rings. The Hall–Kier alpha value is -2.03. The standard InChI is InChI=1S/C19H23ClN4O3S/c20-18-17(5-4-8-22-18)19(25)23(15-16-6-9-21-10-7-16)13-14-28(26,27)24-11-2-1-3-12-24/h4-10H,1-3,11-15H2. The highest BCUT2D eigenvalue weighted by Crippen LogP contribution is 2.18. The fraction of sp³-hybridized carbons (Fsp3) is 0.421. The Bertz CT molecular complexity index is 902. The Morgan fingerprint density at radius 1 is 1.11 bits per heavy atom. The van der Waals surface area contributed by atoms with Crippen LogP contribution < -0.4 is 0 Å². The van der Waals surface area contributed by atoms with Gasteiger partial charge in [0.1, 0.15) is 5.15 Å². The Labute approximate surface area is 170 Å². The normalized spacial score (nSPS) is 15.3. The average molecular weight is 423 g/mol. The van der Waals surface area contributed by atoms with Crippen molar-refractivity contribution in [3.8, 4) is 0 Å². The van der Waals surface area contributed by atoms with Crippen LogP contribution in [-0.4, -0.2) is 58.9 Å². The molecule has 1 aliphatic heterocycles. The van der Waals surface area contributed by atoms with E-state index in [9.17, 15) is 13.2 Å². The molecule has 1 aliphatic rings. The van der Waals surface area contributed by atoms with Crippen LogP contribution in [0.1, 0.15) is 35.2 Å². The summed E-state index contributed by atoms with van der Waals surface area (Å²) in [7, 11) is -3.42. The minimum Gasteiger partial charge on any atom is -0.333 e. The molecular formula is C19H23ClN4O3S. The van der Waals surface area contributed by atoms with Gasteiger partial charge in [-0.05, 0) is 42.7 Å². The molecule has 0 unspecified atom stereocenters. The van der Waals surface area contributed by atoms with Crippen LogP contribution in [-0.2, 0) is 16.6 Å². The van der Waals surface area contributed by atoms with E-state index in [0.29, 0.717) is 13.1 Å². The van der Waals surface area contributed by atoms with Crippen LogP contribution in [0.5, 0.6) is 0 Å². The molecule has 1 fully saturated rings. The van der Waals surface area contributed by atoms with Gasteiger partial charge < -0.3 is 4.90 Å². The zero-order valence-electron chi connectivity index (χ0n) is 15.5. The number of pyridine rings is 2. The van der Waals surface area contributed by atoms with Crippen LogP contribution in [0.25, 0.3) is 0 Å². The van der Waals surface area contributed by atoms with Crippen LogP contribution in [0, 0.1) is 0 Å². The molecule has 1 saturated heterocycles. The minimum absolute atomic E-state index is 0.0746. The highest BCUT2D eigenvalue weighted by molar-refractivity contribution is 7.89. The van der Waals surface area contributed by atoms with E-state index in [1.54, 1.807) is 36.7 Å². The molecule has 3 heterocycles. The minimum atomic E-state index is -3.42. The van der Waals surface area contributed by atoms with Gasteiger partial charge in [-0.3, -0.25) is 9.78 Å². The number of hydrogen-bond acceptors (Lipinski definition) is 5. The summed E-state index contributed by atoms with van der Waals surface area (Å²) in [5, 5.41) is 0.103. The van der Waals surface area contributed by atoms with E-state index in [1.807, 2.05) is 0 Å². The Morgan fingerprint density at radius 3 is 2.50 bits per heavy atom. The number of sulfonamides is 1. The van der Waals surface area contributed by atoms with Gasteiger partial charge in [0, 0.05) is 44.8 Å². The number of carbonyl (C=O) groups is 1. The third kappa shape index (κ3) is 5.27. The molecule has 3 rings (SSSR count). The molecular weight excluding hydrogens is 400 g/mol. The van der Waals surface area contributed by atoms with E-state index in [2.05, 4.69) is 9.97 Å². The third-order valence-corrected chi connectivity index (χ3v) is 6.88. The van der Waals surface area contributed by atoms with Gasteiger partial charge in [-0.1, -0.05) is 18.0 Å². The van der Waals surface area contributed by atoms with Crippen LogP contribution in [0.3, 0.4) is 0 Å². The number of aromatic nitrogens is 2. The molecule has 0 N–H and O–H groups in total. The quantitative estimate of drug-likeness (QED) is 0.640. The summed E-state index contributed by atoms with van der Waals surface area (Å²) in [5.74, 6) is -0.467. The van der Waals surface area contributed by atoms with Gasteiger partial charge in [0.15, 0.2) is 0 Å². The largest absolute Gasteiger partial charge is 0.333 e. The lowest BCUT2D eigenvalue weighted by atomic mass is 10.2. The first kappa shape index (κ1) is 20.7. The predicted octanol–water partition coefficient (Wildman–Crippen LogP) is 2.59. The van der Waals surface area contributed by atoms with Crippen LogP contribution >= 0.6 is 11.6 Å². The zero-order chi connectivity index (χ0) is 20.0. The number of piperidine rings is 1. The number of nitrogens with zero attached hydrogens (tertiary/aromatic N) is 4. The van der Waals surface area contributed by atoms with E-state index >= 15 is 0 Å². The second kappa shape index (κ2) is 9.45. The Kier molecular flexibility index (Phi) is 6.98. The number of rotatable bonds is 7. The lowest BCUT2D eigenvalue weighted by Crippen LogP contribution is -2.41. The topological polar surface area (TPSA) is 83.5 Å². The van der Waals surface area contributed by atoms with Gasteiger partial charge in [-0.2, -0.15) is 0 Å². The maximum absolute atomic E-state index is 13.0. The zero-order valence-corrected chi connectivity index (χ0v) is 17.1. The molecule has 7 nitrogen and oxygen atoms in total. The summed E-state index contributed by atoms with van der Waals surface area (Å²) < 4.78 is 26.9. The van der Waals surface area contributed by atoms with Gasteiger partial charge >= 0.3 is 0 Å². The molecule has 0 aliphatic carbocycles. The Morgan fingerprint density at radius 2 is 1.82 bits per heavy atom. The van der Waals surface area contributed by atoms with Crippen molar-refractivity contribution >= 4 is 27.5 Å². The number of amides is 1. The van der Waals surface area contributed by atoms with Gasteiger partial charge in [0.2, 0.25) is 10.0 Å². The Balaban J connectivity index is 1.78. The first-order valence-electron chi connectivity index (χ1n) is 9.24. The van der Waals surface area contributed by atoms with E-state index < -0.39 is 10.0 Å². The summed E-state index contributed by atoms with van der Waals surface area (Å²) in [6.07, 6.45) is 7.60. The van der Waals surface area contributed by atoms with Crippen LogP contribution in [0.2, 0.25) is 5.15 Å². The van der Waals surface area contributed by atoms with Crippen molar-refractivity contribution in [2.24, 2.45) is 0 Å². The van der Waals surface area contributed by atoms with Gasteiger partial charge in [-0.25, -0.2) is 17.7 Å². The van der Waals surface area contributed by atoms with Crippen LogP contribution in [0.4, 0.5) is 0 Å². The lowest BCUT2D eigenvalue weighted by molar-refractivity contribution is 0.0753. The molecule has 0 atom stereocenters. The summed E-state index contributed by atoms with van der Waals surface area (Å²) in [6.45, 7) is 1.44. The van der Waals surface area contributed by atoms with E-state index in [1.165, 1.54) is 15.4 Å². The van der Waals surface area contributed by atoms with Crippen molar-refractivity contribution in [3.05, 3.63) is 59.1 Å². The lowest BCUT2D eigenvalue weighted by Gasteiger charge is -2.28. The molecule has 0 aromatic carbocycles. The second-order valence-electron chi connectivity index (χ2n) is 6.70. The third-order valence-electron chi connectivity index (χ3n) is 4.73. The number of hydrogen-bond donors (Lipinski definition) is 0. The van der Waals surface area contributed by atoms with Crippen molar-refractivity contribution in [2.45, 2.75) is 25.8 Å². The highest BCUT2D eigenvalue weighted by atomic mass is 35.5. The molecule has 0 saturated carbocycles. The van der Waals surface area contributed by atoms with Crippen molar-refractivity contribution in [1.82, 2.24) is 19.2 Å². The van der Waals surface area contributed by atoms with E-state index in [4.69, 9.17) is 11.6 Å². The number of carbonyl (C=O) groups excluding carboxylic acids is 1. The molecule has 150 valence electrons. The first-order valence-corrected chi connectivity index (χ1v) is 11.2. The average Bonchev–Trinajstić information content (AvgIpc) is 2.72. The summed E-state index contributed by atoms with van der Waals surface area (Å²) in [6, 6.07) is 6.82. The summed E-state index contributed by atoms with van der Waals surface area (Å²) >= 11 is 6.08. The molecule has 0 spiro atoms. The molecule has 1 amide bonds. The molecule has 0 radical (unpaired) electrons. The monoisotopic (exact) mass is 422 g/mol. The maximum Gasteiger partial charge on any atom is 0.257 e. The summed E-state index contributed by atoms with van der Waals surface area (Å²) in [5.41, 5.74) is 1.12. The summed E-state index contributed by atoms with van der Waals surface area (Å²) in [4.78, 5) is 22.5. The first-order chi connectivity index (χ1) is 13.5. The fourth-order valence-corrected chi connectivity index (χ4v) is 4.90. The molecule has 9 heteroatoms. The van der Waals surface area contributed by atoms with Gasteiger partial charge in [-0.15, -0.1) is 0 Å². The fourth-order valence-electron chi connectivity index (χ4n) is 3.17. The molecule has 28 heavy (non-hydrogen) atoms. The maximum atomic E-state index is 13.0. The SMILES string of the molecule is O=C(c1cccnc1Cl)N(CCS(=O)(=O)N1CCCCC1)Cc1ccncc1. The smallest absolute Gasteiger partial charge is 0.257 e. The molecule has 0 bridgehead atoms. The molecule has 2 aromatic heterocycles. The van der Waals surface area contributed by atoms with Crippen molar-refractivity contribution in [1.29, 1.82) is 0 Å². The van der Waals surface area contributed by atoms with Gasteiger partial charge in [0.25, 0.3) is 5.91 Å². The van der Waals surface area contributed by atoms with Crippen LogP contribution in [0.15, 0.2) is 42.9 Å². The van der Waals surface area contributed by atoms with Crippen molar-refractivity contribution in [2.75, 3.05) is 25.4 Å². The van der Waals surface area contributed by atoms with Gasteiger partial charge in [0.05, 0.1) is 11.3 Å². The highest BCUT2D eigenvalue weighted by Gasteiger charge is 2.26. The van der Waals surface area contributed by atoms with Crippen molar-refractivity contribution in [3.63, 3.8) is 0 Å². The second-order valence-corrected chi connectivity index (χ2v) is 9.15. The van der Waals surface area contributed by atoms with E-state index in [0.717, 1.165) is 24.8 Å². The van der Waals surface area contributed by atoms with E-state index in [-0.39, 0.29) is 35.5 Å². The van der Waals surface area contributed by atoms with Crippen molar-refractivity contribution < 1.29 is 13.2 Å².